The van der Waals surface area contributed by atoms with Gasteiger partial charge in [-0.1, -0.05) is 104 Å². The van der Waals surface area contributed by atoms with Crippen molar-refractivity contribution in [3.8, 4) is 0 Å². The highest BCUT2D eigenvalue weighted by Gasteiger charge is 1.96. The van der Waals surface area contributed by atoms with Crippen LogP contribution in [0.3, 0.4) is 0 Å². The van der Waals surface area contributed by atoms with Crippen LogP contribution in [0.1, 0.15) is 123 Å². The molecular weight excluding hydrogens is 390 g/mol. The number of primary amides is 1. The predicted octanol–water partition coefficient (Wildman–Crippen LogP) is 5.72. The largest absolute Gasteiger partial charge is 0.480 e. The van der Waals surface area contributed by atoms with Crippen LogP contribution in [0, 0.1) is 0 Å². The van der Waals surface area contributed by atoms with Crippen LogP contribution in [0.25, 0.3) is 0 Å². The van der Waals surface area contributed by atoms with Crippen LogP contribution in [0.2, 0.25) is 0 Å². The van der Waals surface area contributed by atoms with E-state index in [2.05, 4.69) is 38.6 Å². The molecule has 0 aromatic rings. The lowest BCUT2D eigenvalue weighted by Gasteiger charge is -2.03. The quantitative estimate of drug-likeness (QED) is 0.220. The lowest BCUT2D eigenvalue weighted by Crippen LogP contribution is -2.11. The van der Waals surface area contributed by atoms with E-state index in [1.165, 1.54) is 103 Å². The molecule has 0 rings (SSSR count). The smallest absolute Gasteiger partial charge is 0.317 e. The average molecular weight is 446 g/mol. The number of hydrogen-bond donors (Lipinski definition) is 3. The molecule has 0 aliphatic carbocycles. The summed E-state index contributed by atoms with van der Waals surface area (Å²) in [6.45, 7) is 5.39. The van der Waals surface area contributed by atoms with Crippen LogP contribution in [-0.2, 0) is 9.59 Å². The fourth-order valence-corrected chi connectivity index (χ4v) is 3.12. The number of nitrogens with zero attached hydrogens (tertiary/aromatic N) is 1. The van der Waals surface area contributed by atoms with Crippen LogP contribution in [0.4, 0.5) is 0 Å². The van der Waals surface area contributed by atoms with Gasteiger partial charge in [-0.05, 0) is 33.5 Å². The zero-order valence-electron chi connectivity index (χ0n) is 21.3. The van der Waals surface area contributed by atoms with Gasteiger partial charge in [0.05, 0.1) is 6.54 Å². The van der Waals surface area contributed by atoms with Crippen molar-refractivity contribution in [2.24, 2.45) is 11.5 Å². The van der Waals surface area contributed by atoms with Gasteiger partial charge in [-0.3, -0.25) is 9.59 Å². The zero-order valence-corrected chi connectivity index (χ0v) is 21.3. The number of amides is 1. The molecule has 0 atom stereocenters. The minimum atomic E-state index is -0.968. The van der Waals surface area contributed by atoms with Gasteiger partial charge in [0.25, 0.3) is 0 Å². The lowest BCUT2D eigenvalue weighted by molar-refractivity contribution is -0.135. The Bertz CT molecular complexity index is 364. The average Bonchev–Trinajstić information content (AvgIpc) is 2.71. The van der Waals surface area contributed by atoms with E-state index in [4.69, 9.17) is 10.8 Å². The highest BCUT2D eigenvalue weighted by molar-refractivity contribution is 5.73. The summed E-state index contributed by atoms with van der Waals surface area (Å²) in [6.07, 6.45) is 22.1. The van der Waals surface area contributed by atoms with Crippen LogP contribution in [0.5, 0.6) is 0 Å². The maximum absolute atomic E-state index is 10.6. The first-order valence-electron chi connectivity index (χ1n) is 12.7. The normalized spacial score (nSPS) is 10.1. The molecule has 0 unspecified atom stereocenters. The van der Waals surface area contributed by atoms with Crippen molar-refractivity contribution >= 4 is 11.9 Å². The van der Waals surface area contributed by atoms with E-state index >= 15 is 0 Å². The Hall–Kier alpha value is -1.14. The van der Waals surface area contributed by atoms with Crippen LogP contribution in [-0.4, -0.2) is 49.1 Å². The number of carbonyl (C=O) groups is 2. The summed E-state index contributed by atoms with van der Waals surface area (Å²) >= 11 is 0. The first-order valence-corrected chi connectivity index (χ1v) is 12.7. The number of rotatable bonds is 19. The molecule has 0 fully saturated rings. The highest BCUT2D eigenvalue weighted by Crippen LogP contribution is 2.13. The molecule has 1 amide bonds. The molecule has 0 radical (unpaired) electrons. The van der Waals surface area contributed by atoms with E-state index in [0.29, 0.717) is 6.42 Å². The SMILES string of the molecule is CCCCCCCCCCCCCCCCCC(N)=O.CCCN(C)C.NCC(=O)O. The molecule has 6 heteroatoms. The highest BCUT2D eigenvalue weighted by atomic mass is 16.4. The number of hydrogen-bond acceptors (Lipinski definition) is 4. The Morgan fingerprint density at radius 1 is 0.677 bits per heavy atom. The Kier molecular flexibility index (Phi) is 34.5. The van der Waals surface area contributed by atoms with Gasteiger partial charge < -0.3 is 21.5 Å². The number of carbonyl (C=O) groups excluding carboxylic acids is 1. The number of carboxylic acids is 1. The van der Waals surface area contributed by atoms with Crippen molar-refractivity contribution in [1.82, 2.24) is 4.90 Å². The van der Waals surface area contributed by atoms with E-state index in [0.717, 1.165) is 6.42 Å². The zero-order chi connectivity index (χ0) is 24.2. The summed E-state index contributed by atoms with van der Waals surface area (Å²) in [7, 11) is 4.17. The van der Waals surface area contributed by atoms with Crippen LogP contribution in [0.15, 0.2) is 0 Å². The van der Waals surface area contributed by atoms with Gasteiger partial charge in [-0.2, -0.15) is 0 Å². The Balaban J connectivity index is -0.000000583. The van der Waals surface area contributed by atoms with E-state index in [-0.39, 0.29) is 12.5 Å². The Labute approximate surface area is 193 Å². The van der Waals surface area contributed by atoms with Gasteiger partial charge in [0.1, 0.15) is 0 Å². The molecule has 0 aromatic carbocycles. The van der Waals surface area contributed by atoms with Crippen molar-refractivity contribution in [3.05, 3.63) is 0 Å². The number of nitrogens with two attached hydrogens (primary N) is 2. The summed E-state index contributed by atoms with van der Waals surface area (Å²) < 4.78 is 0. The van der Waals surface area contributed by atoms with Crippen LogP contribution >= 0.6 is 0 Å². The number of aliphatic carboxylic acids is 1. The molecule has 5 N–H and O–H groups in total. The maximum atomic E-state index is 10.6. The monoisotopic (exact) mass is 445 g/mol. The summed E-state index contributed by atoms with van der Waals surface area (Å²) in [5.41, 5.74) is 9.68. The van der Waals surface area contributed by atoms with E-state index in [1.807, 2.05) is 0 Å². The molecule has 0 spiro atoms. The van der Waals surface area contributed by atoms with E-state index < -0.39 is 5.97 Å². The van der Waals surface area contributed by atoms with Gasteiger partial charge in [0, 0.05) is 6.42 Å². The second-order valence-electron chi connectivity index (χ2n) is 8.57. The van der Waals surface area contributed by atoms with E-state index in [9.17, 15) is 9.59 Å². The summed E-state index contributed by atoms with van der Waals surface area (Å²) in [4.78, 5) is 22.0. The molecule has 0 aromatic heterocycles. The number of carboxylic acid groups (broad SMARTS) is 1. The third-order valence-electron chi connectivity index (χ3n) is 4.87. The molecule has 0 saturated heterocycles. The second kappa shape index (κ2) is 31.0. The first-order chi connectivity index (χ1) is 14.8. The van der Waals surface area contributed by atoms with Gasteiger partial charge in [0.15, 0.2) is 0 Å². The number of unbranched alkanes of at least 4 members (excludes halogenated alkanes) is 14. The maximum Gasteiger partial charge on any atom is 0.317 e. The van der Waals surface area contributed by atoms with Gasteiger partial charge in [-0.15, -0.1) is 0 Å². The molecule has 0 bridgehead atoms. The van der Waals surface area contributed by atoms with Crippen molar-refractivity contribution in [2.45, 2.75) is 123 Å². The van der Waals surface area contributed by atoms with Gasteiger partial charge in [0.2, 0.25) is 5.91 Å². The fourth-order valence-electron chi connectivity index (χ4n) is 3.12. The van der Waals surface area contributed by atoms with Crippen molar-refractivity contribution < 1.29 is 14.7 Å². The van der Waals surface area contributed by atoms with Crippen LogP contribution < -0.4 is 11.5 Å². The van der Waals surface area contributed by atoms with Gasteiger partial charge >= 0.3 is 5.97 Å². The van der Waals surface area contributed by atoms with Crippen molar-refractivity contribution in [3.63, 3.8) is 0 Å². The molecule has 6 nitrogen and oxygen atoms in total. The van der Waals surface area contributed by atoms with E-state index in [1.54, 1.807) is 0 Å². The minimum absolute atomic E-state index is 0.153. The third kappa shape index (κ3) is 47.8. The summed E-state index contributed by atoms with van der Waals surface area (Å²) in [6, 6.07) is 0. The summed E-state index contributed by atoms with van der Waals surface area (Å²) in [5, 5.41) is 7.60. The Morgan fingerprint density at radius 2 is 1.00 bits per heavy atom. The molecule has 0 heterocycles. The third-order valence-corrected chi connectivity index (χ3v) is 4.87. The standard InChI is InChI=1S/C18H37NO.C5H13N.C2H5NO2/c1-2-3-4-5-6-7-8-9-10-11-12-13-14-15-16-17-18(19)20;1-4-5-6(2)3;3-1-2(4)5/h2-17H2,1H3,(H2,19,20);4-5H2,1-3H3;1,3H2,(H,4,5). The fraction of sp³-hybridized carbons (Fsp3) is 0.920. The molecule has 188 valence electrons. The van der Waals surface area contributed by atoms with Crippen molar-refractivity contribution in [1.29, 1.82) is 0 Å². The Morgan fingerprint density at radius 3 is 1.19 bits per heavy atom. The lowest BCUT2D eigenvalue weighted by atomic mass is 10.0. The topological polar surface area (TPSA) is 110 Å². The first kappa shape index (κ1) is 34.5. The second-order valence-corrected chi connectivity index (χ2v) is 8.57. The molecule has 0 saturated carbocycles. The van der Waals surface area contributed by atoms with Crippen molar-refractivity contribution in [2.75, 3.05) is 27.2 Å². The molecule has 0 aliphatic rings. The molecule has 0 aliphatic heterocycles. The van der Waals surface area contributed by atoms with Gasteiger partial charge in [-0.25, -0.2) is 0 Å². The minimum Gasteiger partial charge on any atom is -0.480 e. The molecular formula is C25H55N3O3. The summed E-state index contributed by atoms with van der Waals surface area (Å²) in [5.74, 6) is -1.12. The molecule has 31 heavy (non-hydrogen) atoms. The predicted molar refractivity (Wildman–Crippen MR) is 134 cm³/mol.